The largest absolute Gasteiger partial charge is 0.479 e. The van der Waals surface area contributed by atoms with Crippen molar-refractivity contribution in [3.05, 3.63) is 11.4 Å². The molecule has 0 radical (unpaired) electrons. The molecule has 5 nitrogen and oxygen atoms in total. The molecule has 4 N–H and O–H groups in total. The lowest BCUT2D eigenvalue weighted by molar-refractivity contribution is -0.194. The van der Waals surface area contributed by atoms with E-state index in [1.54, 1.807) is 6.92 Å². The summed E-state index contributed by atoms with van der Waals surface area (Å²) in [6.07, 6.45) is 1.29. The SMILES string of the molecule is C[C@]12CCC(O)CC1=C(F)C[C@@H]1[C@H]2C(O)C[C@@]2(C)[C@H]1CCC2(O)C(=O)O. The Bertz CT molecular complexity index is 677. The molecule has 0 spiro atoms. The van der Waals surface area contributed by atoms with Crippen molar-refractivity contribution >= 4 is 5.97 Å². The van der Waals surface area contributed by atoms with Crippen LogP contribution >= 0.6 is 0 Å². The minimum atomic E-state index is -1.87. The summed E-state index contributed by atoms with van der Waals surface area (Å²) in [5, 5.41) is 41.6. The monoisotopic (exact) mass is 368 g/mol. The van der Waals surface area contributed by atoms with Crippen molar-refractivity contribution in [1.82, 2.24) is 0 Å². The van der Waals surface area contributed by atoms with Crippen molar-refractivity contribution in [3.63, 3.8) is 0 Å². The van der Waals surface area contributed by atoms with Gasteiger partial charge in [0.15, 0.2) is 5.60 Å². The lowest BCUT2D eigenvalue weighted by Crippen LogP contribution is -2.61. The van der Waals surface area contributed by atoms with Gasteiger partial charge in [-0.3, -0.25) is 0 Å². The summed E-state index contributed by atoms with van der Waals surface area (Å²) in [7, 11) is 0. The Kier molecular flexibility index (Phi) is 3.90. The molecule has 3 fully saturated rings. The number of carboxylic acid groups (broad SMARTS) is 1. The van der Waals surface area contributed by atoms with Crippen molar-refractivity contribution in [2.45, 2.75) is 76.6 Å². The highest BCUT2D eigenvalue weighted by Gasteiger charge is 2.69. The topological polar surface area (TPSA) is 98.0 Å². The van der Waals surface area contributed by atoms with Crippen LogP contribution in [0.25, 0.3) is 0 Å². The van der Waals surface area contributed by atoms with Crippen LogP contribution in [0.15, 0.2) is 11.4 Å². The van der Waals surface area contributed by atoms with E-state index in [4.69, 9.17) is 0 Å². The van der Waals surface area contributed by atoms with E-state index in [1.807, 2.05) is 6.92 Å². The molecule has 0 heterocycles. The van der Waals surface area contributed by atoms with Gasteiger partial charge in [-0.05, 0) is 67.3 Å². The molecule has 3 unspecified atom stereocenters. The third kappa shape index (κ3) is 2.09. The van der Waals surface area contributed by atoms with Gasteiger partial charge in [-0.2, -0.15) is 0 Å². The number of hydrogen-bond donors (Lipinski definition) is 4. The zero-order valence-electron chi connectivity index (χ0n) is 15.4. The summed E-state index contributed by atoms with van der Waals surface area (Å²) in [5.41, 5.74) is -2.68. The summed E-state index contributed by atoms with van der Waals surface area (Å²) < 4.78 is 15.1. The Morgan fingerprint density at radius 2 is 1.85 bits per heavy atom. The highest BCUT2D eigenvalue weighted by molar-refractivity contribution is 5.79. The van der Waals surface area contributed by atoms with Gasteiger partial charge in [0, 0.05) is 11.8 Å². The van der Waals surface area contributed by atoms with E-state index in [-0.39, 0.29) is 42.8 Å². The van der Waals surface area contributed by atoms with Crippen LogP contribution in [-0.4, -0.2) is 44.2 Å². The first kappa shape index (κ1) is 18.4. The van der Waals surface area contributed by atoms with E-state index in [0.717, 1.165) is 0 Å². The second-order valence-electron chi connectivity index (χ2n) is 9.59. The fourth-order valence-corrected chi connectivity index (χ4v) is 7.20. The summed E-state index contributed by atoms with van der Waals surface area (Å²) in [5.74, 6) is -1.91. The van der Waals surface area contributed by atoms with E-state index < -0.39 is 34.6 Å². The average molecular weight is 368 g/mol. The predicted octanol–water partition coefficient (Wildman–Crippen LogP) is 2.39. The Balaban J connectivity index is 1.78. The van der Waals surface area contributed by atoms with Crippen molar-refractivity contribution in [3.8, 4) is 0 Å². The zero-order chi connectivity index (χ0) is 19.1. The zero-order valence-corrected chi connectivity index (χ0v) is 15.4. The molecule has 0 aliphatic heterocycles. The Hall–Kier alpha value is -0.980. The second kappa shape index (κ2) is 5.52. The lowest BCUT2D eigenvalue weighted by Gasteiger charge is -2.60. The van der Waals surface area contributed by atoms with E-state index in [1.165, 1.54) is 0 Å². The first-order valence-corrected chi connectivity index (χ1v) is 9.74. The number of rotatable bonds is 1. The summed E-state index contributed by atoms with van der Waals surface area (Å²) >= 11 is 0. The van der Waals surface area contributed by atoms with Gasteiger partial charge >= 0.3 is 5.97 Å². The Morgan fingerprint density at radius 3 is 2.50 bits per heavy atom. The van der Waals surface area contributed by atoms with Crippen LogP contribution in [0.3, 0.4) is 0 Å². The lowest BCUT2D eigenvalue weighted by atomic mass is 9.46. The predicted molar refractivity (Wildman–Crippen MR) is 91.7 cm³/mol. The van der Waals surface area contributed by atoms with E-state index in [9.17, 15) is 25.2 Å². The number of aliphatic carboxylic acids is 1. The number of carbonyl (C=O) groups is 1. The van der Waals surface area contributed by atoms with Gasteiger partial charge in [0.25, 0.3) is 0 Å². The van der Waals surface area contributed by atoms with Crippen molar-refractivity contribution in [1.29, 1.82) is 0 Å². The first-order chi connectivity index (χ1) is 12.0. The average Bonchev–Trinajstić information content (AvgIpc) is 2.81. The molecule has 0 aromatic carbocycles. The van der Waals surface area contributed by atoms with Crippen molar-refractivity contribution in [2.75, 3.05) is 0 Å². The molecule has 4 aliphatic rings. The molecule has 3 saturated carbocycles. The van der Waals surface area contributed by atoms with E-state index >= 15 is 4.39 Å². The maximum Gasteiger partial charge on any atom is 0.336 e. The molecule has 6 heteroatoms. The third-order valence-electron chi connectivity index (χ3n) is 8.56. The van der Waals surface area contributed by atoms with Gasteiger partial charge in [-0.25, -0.2) is 9.18 Å². The van der Waals surface area contributed by atoms with Crippen LogP contribution in [0.4, 0.5) is 4.39 Å². The maximum atomic E-state index is 15.1. The molecular weight excluding hydrogens is 339 g/mol. The second-order valence-corrected chi connectivity index (χ2v) is 9.59. The molecule has 4 rings (SSSR count). The minimum absolute atomic E-state index is 0.132. The highest BCUT2D eigenvalue weighted by atomic mass is 19.1. The smallest absolute Gasteiger partial charge is 0.336 e. The summed E-state index contributed by atoms with van der Waals surface area (Å²) in [6.45, 7) is 3.75. The quantitative estimate of drug-likeness (QED) is 0.570. The van der Waals surface area contributed by atoms with Crippen LogP contribution in [0, 0.1) is 28.6 Å². The number of aliphatic hydroxyl groups is 3. The minimum Gasteiger partial charge on any atom is -0.479 e. The number of halogens is 1. The third-order valence-corrected chi connectivity index (χ3v) is 8.56. The van der Waals surface area contributed by atoms with Crippen LogP contribution in [0.1, 0.15) is 58.8 Å². The van der Waals surface area contributed by atoms with Gasteiger partial charge in [0.05, 0.1) is 12.2 Å². The van der Waals surface area contributed by atoms with Gasteiger partial charge in [-0.15, -0.1) is 0 Å². The molecule has 0 aromatic heterocycles. The van der Waals surface area contributed by atoms with Crippen LogP contribution in [0.5, 0.6) is 0 Å². The standard InChI is InChI=1S/C20H29FO5/c1-18-5-3-10(22)7-13(18)14(21)8-11-12-4-6-20(26,17(24)25)19(12,2)9-15(23)16(11)18/h10-12,15-16,22-23,26H,3-9H2,1-2H3,(H,24,25)/t10?,11-,12-,15?,16-,18-,19-,20?/m0/s1. The van der Waals surface area contributed by atoms with E-state index in [2.05, 4.69) is 0 Å². The van der Waals surface area contributed by atoms with Gasteiger partial charge in [0.2, 0.25) is 0 Å². The molecule has 4 aliphatic carbocycles. The van der Waals surface area contributed by atoms with Crippen molar-refractivity contribution < 1.29 is 29.6 Å². The van der Waals surface area contributed by atoms with Gasteiger partial charge in [0.1, 0.15) is 5.83 Å². The van der Waals surface area contributed by atoms with Crippen molar-refractivity contribution in [2.24, 2.45) is 28.6 Å². The number of allylic oxidation sites excluding steroid dienone is 1. The summed E-state index contributed by atoms with van der Waals surface area (Å²) in [6, 6.07) is 0. The van der Waals surface area contributed by atoms with Crippen LogP contribution in [0.2, 0.25) is 0 Å². The van der Waals surface area contributed by atoms with Gasteiger partial charge < -0.3 is 20.4 Å². The highest BCUT2D eigenvalue weighted by Crippen LogP contribution is 2.68. The Labute approximate surface area is 152 Å². The normalized spacial score (nSPS) is 53.7. The molecule has 146 valence electrons. The molecule has 8 atom stereocenters. The Morgan fingerprint density at radius 1 is 1.15 bits per heavy atom. The molecule has 0 amide bonds. The number of hydrogen-bond acceptors (Lipinski definition) is 4. The van der Waals surface area contributed by atoms with Crippen LogP contribution < -0.4 is 0 Å². The van der Waals surface area contributed by atoms with E-state index in [0.29, 0.717) is 31.3 Å². The molecule has 26 heavy (non-hydrogen) atoms. The molecule has 0 saturated heterocycles. The molecule has 0 bridgehead atoms. The number of carboxylic acids is 1. The number of aliphatic hydroxyl groups excluding tert-OH is 2. The van der Waals surface area contributed by atoms with Gasteiger partial charge in [-0.1, -0.05) is 13.8 Å². The fraction of sp³-hybridized carbons (Fsp3) is 0.850. The molecular formula is C20H29FO5. The first-order valence-electron chi connectivity index (χ1n) is 9.74. The fourth-order valence-electron chi connectivity index (χ4n) is 7.20. The number of fused-ring (bicyclic) bond motifs is 5. The maximum absolute atomic E-state index is 15.1. The van der Waals surface area contributed by atoms with Crippen LogP contribution in [-0.2, 0) is 4.79 Å². The molecule has 0 aromatic rings. The summed E-state index contributed by atoms with van der Waals surface area (Å²) in [4.78, 5) is 11.8.